The van der Waals surface area contributed by atoms with Crippen molar-refractivity contribution in [3.8, 4) is 11.5 Å². The lowest BCUT2D eigenvalue weighted by Gasteiger charge is -2.37. The van der Waals surface area contributed by atoms with Gasteiger partial charge in [0.1, 0.15) is 41.6 Å². The predicted octanol–water partition coefficient (Wildman–Crippen LogP) is 6.27. The highest BCUT2D eigenvalue weighted by molar-refractivity contribution is 5.99. The SMILES string of the molecule is COc1ccc(C(OC[C@H]2O[C@@H](n3cnc4cc5c(N=C(C)N(C)C)ncnc5cc43)C[C@@H]2O)(c2ccccc2)c2ccc(OC)cc2)cc1. The van der Waals surface area contributed by atoms with Gasteiger partial charge < -0.3 is 33.5 Å². The summed E-state index contributed by atoms with van der Waals surface area (Å²) >= 11 is 0. The van der Waals surface area contributed by atoms with Gasteiger partial charge in [-0.3, -0.25) is 0 Å². The van der Waals surface area contributed by atoms with E-state index in [0.717, 1.165) is 56.0 Å². The maximum absolute atomic E-state index is 11.4. The number of fused-ring (bicyclic) bond motifs is 2. The first-order valence-electron chi connectivity index (χ1n) is 16.5. The monoisotopic (exact) mass is 672 g/mol. The Balaban J connectivity index is 1.21. The Kier molecular flexibility index (Phi) is 9.20. The van der Waals surface area contributed by atoms with Crippen LogP contribution in [0.1, 0.15) is 36.3 Å². The van der Waals surface area contributed by atoms with Crippen LogP contribution in [-0.2, 0) is 15.1 Å². The smallest absolute Gasteiger partial charge is 0.165 e. The Bertz CT molecular complexity index is 2070. The number of rotatable bonds is 10. The van der Waals surface area contributed by atoms with E-state index >= 15 is 0 Å². The Morgan fingerprint density at radius 1 is 0.880 bits per heavy atom. The van der Waals surface area contributed by atoms with Crippen LogP contribution in [0.15, 0.2) is 109 Å². The van der Waals surface area contributed by atoms with E-state index in [1.165, 1.54) is 6.33 Å². The molecule has 0 aliphatic carbocycles. The molecule has 0 bridgehead atoms. The van der Waals surface area contributed by atoms with Gasteiger partial charge in [-0.1, -0.05) is 54.6 Å². The van der Waals surface area contributed by atoms with Gasteiger partial charge in [-0.25, -0.2) is 19.9 Å². The number of hydrogen-bond donors (Lipinski definition) is 1. The van der Waals surface area contributed by atoms with Crippen molar-refractivity contribution < 1.29 is 24.1 Å². The van der Waals surface area contributed by atoms with Crippen molar-refractivity contribution >= 4 is 33.6 Å². The predicted molar refractivity (Wildman–Crippen MR) is 192 cm³/mol. The van der Waals surface area contributed by atoms with Gasteiger partial charge in [-0.05, 0) is 60.0 Å². The summed E-state index contributed by atoms with van der Waals surface area (Å²) in [5.41, 5.74) is 4.03. The number of benzene rings is 4. The third kappa shape index (κ3) is 6.15. The minimum absolute atomic E-state index is 0.111. The first-order valence-corrected chi connectivity index (χ1v) is 16.5. The van der Waals surface area contributed by atoms with Crippen LogP contribution in [0.4, 0.5) is 5.82 Å². The van der Waals surface area contributed by atoms with Gasteiger partial charge in [-0.15, -0.1) is 0 Å². The van der Waals surface area contributed by atoms with Crippen molar-refractivity contribution in [3.63, 3.8) is 0 Å². The van der Waals surface area contributed by atoms with Crippen molar-refractivity contribution in [1.82, 2.24) is 24.4 Å². The van der Waals surface area contributed by atoms with Crippen molar-refractivity contribution in [2.75, 3.05) is 34.9 Å². The molecule has 1 fully saturated rings. The zero-order valence-electron chi connectivity index (χ0n) is 28.7. The van der Waals surface area contributed by atoms with E-state index in [1.54, 1.807) is 20.5 Å². The standard InChI is InChI=1S/C39H40N6O5/c1-25(44(2)3)43-38-31-19-33-34(20-32(31)40-23-41-38)45(24-42-33)37-21-35(46)36(50-37)22-49-39(26-9-7-6-8-10-26,27-11-15-29(47-4)16-12-27)28-13-17-30(48-5)18-14-28/h6-20,23-24,35-37,46H,21-22H2,1-5H3/t35-,36+,37+/m0/s1. The normalized spacial score (nSPS) is 18.1. The lowest BCUT2D eigenvalue weighted by Crippen LogP contribution is -2.38. The van der Waals surface area contributed by atoms with Crippen molar-refractivity contribution in [2.24, 2.45) is 4.99 Å². The molecule has 2 aromatic heterocycles. The number of amidine groups is 1. The molecule has 1 N–H and O–H groups in total. The molecule has 3 atom stereocenters. The van der Waals surface area contributed by atoms with Gasteiger partial charge in [0.05, 0.1) is 49.8 Å². The van der Waals surface area contributed by atoms with Crippen molar-refractivity contribution in [2.45, 2.75) is 37.4 Å². The first kappa shape index (κ1) is 33.2. The molecule has 6 aromatic rings. The number of methoxy groups -OCH3 is 2. The van der Waals surface area contributed by atoms with Crippen LogP contribution in [0, 0.1) is 0 Å². The molecular formula is C39H40N6O5. The van der Waals surface area contributed by atoms with Crippen LogP contribution in [0.3, 0.4) is 0 Å². The molecule has 0 unspecified atom stereocenters. The Morgan fingerprint density at radius 3 is 2.14 bits per heavy atom. The third-order valence-electron chi connectivity index (χ3n) is 9.38. The zero-order chi connectivity index (χ0) is 34.8. The van der Waals surface area contributed by atoms with E-state index in [-0.39, 0.29) is 6.61 Å². The van der Waals surface area contributed by atoms with Crippen molar-refractivity contribution in [3.05, 3.63) is 120 Å². The molecule has 11 heteroatoms. The second kappa shape index (κ2) is 13.9. The highest BCUT2D eigenvalue weighted by Crippen LogP contribution is 2.43. The van der Waals surface area contributed by atoms with Gasteiger partial charge in [0.2, 0.25) is 0 Å². The number of ether oxygens (including phenoxy) is 4. The molecule has 1 saturated heterocycles. The van der Waals surface area contributed by atoms with E-state index in [1.807, 2.05) is 121 Å². The molecule has 11 nitrogen and oxygen atoms in total. The Labute approximate surface area is 290 Å². The fourth-order valence-corrected chi connectivity index (χ4v) is 6.45. The molecule has 0 amide bonds. The average Bonchev–Trinajstić information content (AvgIpc) is 3.74. The number of aliphatic hydroxyl groups excluding tert-OH is 1. The minimum Gasteiger partial charge on any atom is -0.497 e. The molecule has 50 heavy (non-hydrogen) atoms. The number of hydrogen-bond acceptors (Lipinski definition) is 9. The second-order valence-electron chi connectivity index (χ2n) is 12.5. The van der Waals surface area contributed by atoms with E-state index in [9.17, 15) is 5.11 Å². The van der Waals surface area contributed by atoms with Gasteiger partial charge in [0.15, 0.2) is 5.82 Å². The highest BCUT2D eigenvalue weighted by Gasteiger charge is 2.42. The van der Waals surface area contributed by atoms with E-state index in [4.69, 9.17) is 23.9 Å². The number of aromatic nitrogens is 4. The summed E-state index contributed by atoms with van der Waals surface area (Å²) in [4.78, 5) is 20.3. The molecule has 1 aliphatic rings. The van der Waals surface area contributed by atoms with Crippen LogP contribution in [-0.4, -0.2) is 82.5 Å². The highest BCUT2D eigenvalue weighted by atomic mass is 16.6. The van der Waals surface area contributed by atoms with Gasteiger partial charge in [-0.2, -0.15) is 0 Å². The molecule has 0 spiro atoms. The minimum atomic E-state index is -1.04. The summed E-state index contributed by atoms with van der Waals surface area (Å²) in [5.74, 6) is 2.88. The zero-order valence-corrected chi connectivity index (χ0v) is 28.7. The molecule has 256 valence electrons. The molecule has 1 aliphatic heterocycles. The third-order valence-corrected chi connectivity index (χ3v) is 9.38. The van der Waals surface area contributed by atoms with Crippen LogP contribution in [0.2, 0.25) is 0 Å². The fourth-order valence-electron chi connectivity index (χ4n) is 6.45. The molecule has 0 saturated carbocycles. The largest absolute Gasteiger partial charge is 0.497 e. The summed E-state index contributed by atoms with van der Waals surface area (Å²) < 4.78 is 26.5. The summed E-state index contributed by atoms with van der Waals surface area (Å²) in [6.07, 6.45) is 1.76. The quantitative estimate of drug-likeness (QED) is 0.102. The molecule has 4 aromatic carbocycles. The van der Waals surface area contributed by atoms with E-state index in [0.29, 0.717) is 12.2 Å². The maximum Gasteiger partial charge on any atom is 0.165 e. The number of nitrogens with zero attached hydrogens (tertiary/aromatic N) is 6. The molecule has 3 heterocycles. The average molecular weight is 673 g/mol. The van der Waals surface area contributed by atoms with E-state index in [2.05, 4.69) is 15.0 Å². The molecule has 0 radical (unpaired) electrons. The Morgan fingerprint density at radius 2 is 1.52 bits per heavy atom. The van der Waals surface area contributed by atoms with Gasteiger partial charge >= 0.3 is 0 Å². The number of aliphatic hydroxyl groups is 1. The first-order chi connectivity index (χ1) is 24.3. The Hall–Kier alpha value is -5.36. The number of imidazole rings is 1. The summed E-state index contributed by atoms with van der Waals surface area (Å²) in [6, 6.07) is 29.7. The van der Waals surface area contributed by atoms with E-state index < -0.39 is 24.0 Å². The van der Waals surface area contributed by atoms with Crippen LogP contribution < -0.4 is 9.47 Å². The van der Waals surface area contributed by atoms with Gasteiger partial charge in [0.25, 0.3) is 0 Å². The lowest BCUT2D eigenvalue weighted by atomic mass is 9.80. The van der Waals surface area contributed by atoms with Crippen LogP contribution in [0.25, 0.3) is 21.9 Å². The second-order valence-corrected chi connectivity index (χ2v) is 12.5. The van der Waals surface area contributed by atoms with Gasteiger partial charge in [0, 0.05) is 25.9 Å². The lowest BCUT2D eigenvalue weighted by molar-refractivity contribution is -0.0930. The molecule has 7 rings (SSSR count). The summed E-state index contributed by atoms with van der Waals surface area (Å²) in [5, 5.41) is 12.2. The fraction of sp³-hybridized carbons (Fsp3) is 0.282. The summed E-state index contributed by atoms with van der Waals surface area (Å²) in [7, 11) is 7.17. The van der Waals surface area contributed by atoms with Crippen LogP contribution >= 0.6 is 0 Å². The summed E-state index contributed by atoms with van der Waals surface area (Å²) in [6.45, 7) is 2.04. The molecular weight excluding hydrogens is 632 g/mol. The van der Waals surface area contributed by atoms with Crippen LogP contribution in [0.5, 0.6) is 11.5 Å². The maximum atomic E-state index is 11.4. The number of aliphatic imine (C=N–C) groups is 1. The van der Waals surface area contributed by atoms with Crippen molar-refractivity contribution in [1.29, 1.82) is 0 Å². The topological polar surface area (TPSA) is 116 Å².